The van der Waals surface area contributed by atoms with Crippen molar-refractivity contribution in [2.45, 2.75) is 25.4 Å². The van der Waals surface area contributed by atoms with Crippen LogP contribution in [0.5, 0.6) is 0 Å². The molecule has 11 heteroatoms. The predicted molar refractivity (Wildman–Crippen MR) is 109 cm³/mol. The molecule has 156 valence electrons. The number of nitrogens with one attached hydrogen (secondary N) is 2. The van der Waals surface area contributed by atoms with Crippen LogP contribution in [0, 0.1) is 23.1 Å². The molecule has 3 atom stereocenters. The number of nitriles is 1. The Bertz CT molecular complexity index is 1410. The first-order valence-corrected chi connectivity index (χ1v) is 9.80. The normalized spacial score (nSPS) is 18.8. The highest BCUT2D eigenvalue weighted by atomic mass is 35.5. The van der Waals surface area contributed by atoms with Gasteiger partial charge in [-0.3, -0.25) is 14.9 Å². The third-order valence-corrected chi connectivity index (χ3v) is 5.71. The van der Waals surface area contributed by atoms with Gasteiger partial charge >= 0.3 is 0 Å². The molecule has 1 saturated carbocycles. The molecule has 8 nitrogen and oxygen atoms in total. The molecule has 0 radical (unpaired) electrons. The van der Waals surface area contributed by atoms with Crippen molar-refractivity contribution in [2.75, 3.05) is 5.32 Å². The summed E-state index contributed by atoms with van der Waals surface area (Å²) >= 11 is 6.37. The summed E-state index contributed by atoms with van der Waals surface area (Å²) < 4.78 is 29.8. The summed E-state index contributed by atoms with van der Waals surface area (Å²) in [5.41, 5.74) is 1.61. The maximum absolute atomic E-state index is 15.1. The molecule has 3 aromatic heterocycles. The highest BCUT2D eigenvalue weighted by molar-refractivity contribution is 6.35. The van der Waals surface area contributed by atoms with Crippen molar-refractivity contribution in [1.82, 2.24) is 24.6 Å². The van der Waals surface area contributed by atoms with E-state index in [0.29, 0.717) is 27.8 Å². The second kappa shape index (κ2) is 6.99. The molecule has 1 aliphatic carbocycles. The van der Waals surface area contributed by atoms with Gasteiger partial charge in [0.05, 0.1) is 52.7 Å². The molecule has 1 amide bonds. The van der Waals surface area contributed by atoms with Crippen molar-refractivity contribution in [2.24, 2.45) is 5.92 Å². The topological polar surface area (TPSA) is 112 Å². The zero-order valence-electron chi connectivity index (χ0n) is 16.0. The lowest BCUT2D eigenvalue weighted by molar-refractivity contribution is -0.117. The summed E-state index contributed by atoms with van der Waals surface area (Å²) in [5.74, 6) is -2.25. The number of halogens is 3. The zero-order valence-corrected chi connectivity index (χ0v) is 16.8. The Morgan fingerprint density at radius 2 is 2.23 bits per heavy atom. The Hall–Kier alpha value is -3.58. The number of nitrogens with zero attached hydrogens (tertiary/aromatic N) is 5. The molecule has 4 aromatic rings. The zero-order chi connectivity index (χ0) is 21.9. The van der Waals surface area contributed by atoms with Gasteiger partial charge in [-0.15, -0.1) is 0 Å². The van der Waals surface area contributed by atoms with Gasteiger partial charge < -0.3 is 9.72 Å². The van der Waals surface area contributed by atoms with Crippen molar-refractivity contribution in [3.05, 3.63) is 41.2 Å². The predicted octanol–water partition coefficient (Wildman–Crippen LogP) is 3.99. The Labute approximate surface area is 178 Å². The molecule has 5 rings (SSSR count). The molecule has 0 saturated heterocycles. The molecule has 0 aliphatic heterocycles. The van der Waals surface area contributed by atoms with Gasteiger partial charge in [-0.1, -0.05) is 11.6 Å². The van der Waals surface area contributed by atoms with Crippen LogP contribution in [-0.4, -0.2) is 36.6 Å². The number of hydrogen-bond donors (Lipinski definition) is 2. The van der Waals surface area contributed by atoms with E-state index in [4.69, 9.17) is 11.6 Å². The summed E-state index contributed by atoms with van der Waals surface area (Å²) in [6.07, 6.45) is 5.21. The number of aromatic amines is 1. The number of carbonyl (C=O) groups excluding carboxylic acids is 1. The van der Waals surface area contributed by atoms with Gasteiger partial charge in [-0.2, -0.15) is 10.4 Å². The maximum atomic E-state index is 15.1. The number of imidazole rings is 1. The standard InChI is InChI=1S/C20H14ClF2N7O/c1-8(3-24)15-18(23)17(21)16(10-4-26-29-19(10)15)12-6-30-7-13(27-14(30)5-25-12)28-20(31)9-2-11(9)22/h4-9,11H,2H2,1H3,(H,26,29)(H,28,31). The third-order valence-electron chi connectivity index (χ3n) is 5.35. The number of H-pyrrole nitrogens is 1. The molecular formula is C20H14ClF2N7O. The van der Waals surface area contributed by atoms with Gasteiger partial charge in [-0.25, -0.2) is 13.8 Å². The highest BCUT2D eigenvalue weighted by Crippen LogP contribution is 2.40. The molecular weight excluding hydrogens is 428 g/mol. The van der Waals surface area contributed by atoms with Gasteiger partial charge in [-0.05, 0) is 13.3 Å². The quantitative estimate of drug-likeness (QED) is 0.497. The molecule has 0 bridgehead atoms. The fourth-order valence-corrected chi connectivity index (χ4v) is 3.90. The van der Waals surface area contributed by atoms with Crippen LogP contribution in [-0.2, 0) is 4.79 Å². The lowest BCUT2D eigenvalue weighted by Crippen LogP contribution is -2.15. The monoisotopic (exact) mass is 441 g/mol. The van der Waals surface area contributed by atoms with Crippen molar-refractivity contribution >= 4 is 39.9 Å². The number of fused-ring (bicyclic) bond motifs is 2. The van der Waals surface area contributed by atoms with Crippen LogP contribution in [0.15, 0.2) is 24.8 Å². The van der Waals surface area contributed by atoms with E-state index < -0.39 is 29.7 Å². The first kappa shape index (κ1) is 19.4. The number of hydrogen-bond acceptors (Lipinski definition) is 5. The second-order valence-corrected chi connectivity index (χ2v) is 7.82. The molecule has 2 N–H and O–H groups in total. The van der Waals surface area contributed by atoms with E-state index >= 15 is 4.39 Å². The number of amides is 1. The minimum absolute atomic E-state index is 0.142. The van der Waals surface area contributed by atoms with Gasteiger partial charge in [0.25, 0.3) is 0 Å². The number of rotatable bonds is 4. The third kappa shape index (κ3) is 3.09. The van der Waals surface area contributed by atoms with Gasteiger partial charge in [0.1, 0.15) is 12.0 Å². The summed E-state index contributed by atoms with van der Waals surface area (Å²) in [6, 6.07) is 2.02. The van der Waals surface area contributed by atoms with Crippen molar-refractivity contribution in [1.29, 1.82) is 5.26 Å². The summed E-state index contributed by atoms with van der Waals surface area (Å²) in [7, 11) is 0. The average Bonchev–Trinajstić information content (AvgIpc) is 3.12. The lowest BCUT2D eigenvalue weighted by atomic mass is 9.95. The number of anilines is 1. The lowest BCUT2D eigenvalue weighted by Gasteiger charge is -2.13. The van der Waals surface area contributed by atoms with Crippen LogP contribution < -0.4 is 5.32 Å². The Balaban J connectivity index is 1.59. The van der Waals surface area contributed by atoms with Crippen LogP contribution in [0.3, 0.4) is 0 Å². The van der Waals surface area contributed by atoms with E-state index in [1.807, 2.05) is 6.07 Å². The fourth-order valence-electron chi connectivity index (χ4n) is 3.60. The van der Waals surface area contributed by atoms with Crippen LogP contribution in [0.25, 0.3) is 27.8 Å². The summed E-state index contributed by atoms with van der Waals surface area (Å²) in [6.45, 7) is 1.58. The van der Waals surface area contributed by atoms with Crippen LogP contribution >= 0.6 is 11.6 Å². The minimum Gasteiger partial charge on any atom is -0.309 e. The highest BCUT2D eigenvalue weighted by Gasteiger charge is 2.43. The van der Waals surface area contributed by atoms with Crippen LogP contribution in [0.4, 0.5) is 14.6 Å². The Kier molecular flexibility index (Phi) is 4.37. The first-order valence-electron chi connectivity index (χ1n) is 9.42. The van der Waals surface area contributed by atoms with Crippen molar-refractivity contribution in [3.8, 4) is 17.3 Å². The van der Waals surface area contributed by atoms with Gasteiger partial charge in [0.15, 0.2) is 11.5 Å². The van der Waals surface area contributed by atoms with E-state index in [1.165, 1.54) is 12.4 Å². The summed E-state index contributed by atoms with van der Waals surface area (Å²) in [5, 5.41) is 18.9. The molecule has 1 aromatic carbocycles. The number of benzene rings is 1. The first-order chi connectivity index (χ1) is 14.9. The molecule has 0 spiro atoms. The number of alkyl halides is 1. The Morgan fingerprint density at radius 1 is 1.45 bits per heavy atom. The van der Waals surface area contributed by atoms with E-state index in [1.54, 1.807) is 23.7 Å². The smallest absolute Gasteiger partial charge is 0.231 e. The number of carbonyl (C=O) groups is 1. The van der Waals surface area contributed by atoms with Gasteiger partial charge in [0, 0.05) is 22.7 Å². The van der Waals surface area contributed by atoms with Crippen molar-refractivity contribution in [3.63, 3.8) is 0 Å². The molecule has 3 unspecified atom stereocenters. The Morgan fingerprint density at radius 3 is 2.94 bits per heavy atom. The number of aromatic nitrogens is 5. The molecule has 1 fully saturated rings. The van der Waals surface area contributed by atoms with Crippen molar-refractivity contribution < 1.29 is 13.6 Å². The average molecular weight is 442 g/mol. The maximum Gasteiger partial charge on any atom is 0.231 e. The molecule has 1 aliphatic rings. The molecule has 3 heterocycles. The van der Waals surface area contributed by atoms with E-state index in [0.717, 1.165) is 0 Å². The van der Waals surface area contributed by atoms with Gasteiger partial charge in [0.2, 0.25) is 5.91 Å². The van der Waals surface area contributed by atoms with Crippen LogP contribution in [0.2, 0.25) is 5.02 Å². The fraction of sp³-hybridized carbons (Fsp3) is 0.250. The van der Waals surface area contributed by atoms with E-state index in [2.05, 4.69) is 25.5 Å². The van der Waals surface area contributed by atoms with Crippen LogP contribution in [0.1, 0.15) is 24.8 Å². The van der Waals surface area contributed by atoms with E-state index in [-0.39, 0.29) is 22.8 Å². The summed E-state index contributed by atoms with van der Waals surface area (Å²) in [4.78, 5) is 20.5. The molecule has 31 heavy (non-hydrogen) atoms. The largest absolute Gasteiger partial charge is 0.309 e. The van der Waals surface area contributed by atoms with E-state index in [9.17, 15) is 14.4 Å². The minimum atomic E-state index is -1.11. The SMILES string of the molecule is CC(C#N)c1c(F)c(Cl)c(-c2cn3cc(NC(=O)C4CC4F)nc3cn2)c2cn[nH]c12. The second-order valence-electron chi connectivity index (χ2n) is 7.44.